The summed E-state index contributed by atoms with van der Waals surface area (Å²) in [4.78, 5) is 20.1. The number of nitrogens with zero attached hydrogens (tertiary/aromatic N) is 3. The molecule has 1 aliphatic heterocycles. The van der Waals surface area contributed by atoms with Crippen molar-refractivity contribution in [1.29, 1.82) is 0 Å². The van der Waals surface area contributed by atoms with Crippen molar-refractivity contribution in [2.24, 2.45) is 0 Å². The topological polar surface area (TPSA) is 92.9 Å². The molecule has 0 atom stereocenters. The van der Waals surface area contributed by atoms with Crippen molar-refractivity contribution in [3.05, 3.63) is 72.2 Å². The second-order valence-corrected chi connectivity index (χ2v) is 11.1. The molecule has 0 N–H and O–H groups in total. The number of carbonyl (C=O) groups excluding carboxylic acids is 1. The Balaban J connectivity index is 1.48. The number of sulfonamides is 1. The highest BCUT2D eigenvalue weighted by Gasteiger charge is 2.28. The van der Waals surface area contributed by atoms with E-state index in [1.165, 1.54) is 27.8 Å². The van der Waals surface area contributed by atoms with Crippen LogP contribution in [0.5, 0.6) is 5.75 Å². The van der Waals surface area contributed by atoms with Gasteiger partial charge in [0.1, 0.15) is 17.0 Å². The molecule has 5 rings (SSSR count). The van der Waals surface area contributed by atoms with Crippen molar-refractivity contribution in [3.63, 3.8) is 0 Å². The first-order chi connectivity index (χ1) is 17.0. The Morgan fingerprint density at radius 3 is 2.57 bits per heavy atom. The average Bonchev–Trinajstić information content (AvgIpc) is 3.64. The summed E-state index contributed by atoms with van der Waals surface area (Å²) < 4.78 is 39.3. The molecule has 1 saturated heterocycles. The van der Waals surface area contributed by atoms with Crippen LogP contribution in [0.2, 0.25) is 0 Å². The molecule has 0 aliphatic carbocycles. The minimum Gasteiger partial charge on any atom is -0.492 e. The summed E-state index contributed by atoms with van der Waals surface area (Å²) in [7, 11) is -3.55. The number of hydrogen-bond acceptors (Lipinski definition) is 7. The number of furan rings is 1. The van der Waals surface area contributed by atoms with Crippen molar-refractivity contribution >= 4 is 42.6 Å². The standard InChI is InChI=1S/C25H25N3O5S2/c1-2-32-21-8-5-9-22-23(21)26-25(34-22)28(17-19-7-6-16-33-19)24(29)18-10-12-20(13-11-18)35(30,31)27-14-3-4-15-27/h5-13,16H,2-4,14-15,17H2,1H3. The molecule has 35 heavy (non-hydrogen) atoms. The molecule has 182 valence electrons. The summed E-state index contributed by atoms with van der Waals surface area (Å²) in [6.07, 6.45) is 3.29. The van der Waals surface area contributed by atoms with Crippen molar-refractivity contribution in [3.8, 4) is 5.75 Å². The molecular weight excluding hydrogens is 486 g/mol. The third kappa shape index (κ3) is 4.69. The van der Waals surface area contributed by atoms with Crippen LogP contribution in [0.15, 0.2) is 70.2 Å². The third-order valence-corrected chi connectivity index (χ3v) is 8.80. The molecule has 4 aromatic rings. The summed E-state index contributed by atoms with van der Waals surface area (Å²) in [5.74, 6) is 0.966. The molecule has 1 amide bonds. The van der Waals surface area contributed by atoms with Gasteiger partial charge in [0.25, 0.3) is 5.91 Å². The van der Waals surface area contributed by atoms with Crippen LogP contribution in [-0.4, -0.2) is 43.3 Å². The number of anilines is 1. The Morgan fingerprint density at radius 2 is 1.89 bits per heavy atom. The van der Waals surface area contributed by atoms with E-state index >= 15 is 0 Å². The summed E-state index contributed by atoms with van der Waals surface area (Å²) in [5, 5.41) is 0.502. The lowest BCUT2D eigenvalue weighted by Gasteiger charge is -2.19. The lowest BCUT2D eigenvalue weighted by atomic mass is 10.2. The van der Waals surface area contributed by atoms with Crippen LogP contribution in [0.25, 0.3) is 10.2 Å². The van der Waals surface area contributed by atoms with Crippen LogP contribution in [0.1, 0.15) is 35.9 Å². The number of hydrogen-bond donors (Lipinski definition) is 0. The van der Waals surface area contributed by atoms with E-state index in [9.17, 15) is 13.2 Å². The SMILES string of the molecule is CCOc1cccc2sc(N(Cc3ccco3)C(=O)c3ccc(S(=O)(=O)N4CCCC4)cc3)nc12. The predicted molar refractivity (Wildman–Crippen MR) is 134 cm³/mol. The zero-order valence-electron chi connectivity index (χ0n) is 19.2. The zero-order chi connectivity index (χ0) is 24.4. The number of thiazole rings is 1. The Morgan fingerprint density at radius 1 is 1.11 bits per heavy atom. The first kappa shape index (κ1) is 23.5. The number of aromatic nitrogens is 1. The molecule has 0 bridgehead atoms. The lowest BCUT2D eigenvalue weighted by molar-refractivity contribution is 0.0983. The quantitative estimate of drug-likeness (QED) is 0.333. The van der Waals surface area contributed by atoms with E-state index in [1.807, 2.05) is 25.1 Å². The molecule has 10 heteroatoms. The van der Waals surface area contributed by atoms with Gasteiger partial charge in [0, 0.05) is 18.7 Å². The van der Waals surface area contributed by atoms with Gasteiger partial charge in [-0.05, 0) is 68.3 Å². The Kier molecular flexibility index (Phi) is 6.59. The second-order valence-electron chi connectivity index (χ2n) is 8.14. The fourth-order valence-corrected chi connectivity index (χ4v) is 6.58. The van der Waals surface area contributed by atoms with Crippen molar-refractivity contribution in [1.82, 2.24) is 9.29 Å². The first-order valence-electron chi connectivity index (χ1n) is 11.4. The monoisotopic (exact) mass is 511 g/mol. The van der Waals surface area contributed by atoms with Crippen LogP contribution in [0, 0.1) is 0 Å². The van der Waals surface area contributed by atoms with E-state index in [-0.39, 0.29) is 17.3 Å². The maximum absolute atomic E-state index is 13.6. The molecule has 2 aromatic carbocycles. The molecule has 0 radical (unpaired) electrons. The Bertz CT molecular complexity index is 1420. The van der Waals surface area contributed by atoms with E-state index in [0.717, 1.165) is 17.5 Å². The number of ether oxygens (including phenoxy) is 1. The number of para-hydroxylation sites is 1. The predicted octanol–water partition coefficient (Wildman–Crippen LogP) is 4.92. The van der Waals surface area contributed by atoms with Crippen molar-refractivity contribution < 1.29 is 22.4 Å². The maximum atomic E-state index is 13.6. The fourth-order valence-electron chi connectivity index (χ4n) is 4.09. The zero-order valence-corrected chi connectivity index (χ0v) is 20.8. The van der Waals surface area contributed by atoms with Gasteiger partial charge in [-0.3, -0.25) is 9.69 Å². The van der Waals surface area contributed by atoms with Crippen LogP contribution < -0.4 is 9.64 Å². The largest absolute Gasteiger partial charge is 0.492 e. The van der Waals surface area contributed by atoms with Crippen LogP contribution >= 0.6 is 11.3 Å². The highest BCUT2D eigenvalue weighted by atomic mass is 32.2. The number of fused-ring (bicyclic) bond motifs is 1. The number of amides is 1. The minimum absolute atomic E-state index is 0.184. The van der Waals surface area contributed by atoms with E-state index in [0.29, 0.717) is 47.4 Å². The van der Waals surface area contributed by atoms with Crippen LogP contribution in [0.4, 0.5) is 5.13 Å². The van der Waals surface area contributed by atoms with Gasteiger partial charge in [0.2, 0.25) is 10.0 Å². The summed E-state index contributed by atoms with van der Waals surface area (Å²) in [6.45, 7) is 3.66. The highest BCUT2D eigenvalue weighted by Crippen LogP contribution is 2.35. The third-order valence-electron chi connectivity index (χ3n) is 5.84. The van der Waals surface area contributed by atoms with Crippen molar-refractivity contribution in [2.45, 2.75) is 31.2 Å². The lowest BCUT2D eigenvalue weighted by Crippen LogP contribution is -2.30. The molecule has 1 aliphatic rings. The Labute approximate surface area is 207 Å². The van der Waals surface area contributed by atoms with Gasteiger partial charge in [0.05, 0.1) is 29.0 Å². The second kappa shape index (κ2) is 9.80. The molecule has 3 heterocycles. The van der Waals surface area contributed by atoms with Gasteiger partial charge in [-0.15, -0.1) is 0 Å². The van der Waals surface area contributed by atoms with Crippen LogP contribution in [0.3, 0.4) is 0 Å². The number of carbonyl (C=O) groups is 1. The van der Waals surface area contributed by atoms with Gasteiger partial charge in [-0.25, -0.2) is 13.4 Å². The Hall–Kier alpha value is -3.21. The number of benzene rings is 2. The van der Waals surface area contributed by atoms with E-state index < -0.39 is 10.0 Å². The molecule has 1 fully saturated rings. The fraction of sp³-hybridized carbons (Fsp3) is 0.280. The average molecular weight is 512 g/mol. The van der Waals surface area contributed by atoms with Gasteiger partial charge in [0.15, 0.2) is 5.13 Å². The molecule has 0 saturated carbocycles. The van der Waals surface area contributed by atoms with E-state index in [2.05, 4.69) is 0 Å². The van der Waals surface area contributed by atoms with Crippen molar-refractivity contribution in [2.75, 3.05) is 24.6 Å². The van der Waals surface area contributed by atoms with E-state index in [4.69, 9.17) is 14.1 Å². The van der Waals surface area contributed by atoms with Gasteiger partial charge in [-0.2, -0.15) is 4.31 Å². The molecule has 8 nitrogen and oxygen atoms in total. The van der Waals surface area contributed by atoms with E-state index in [1.54, 1.807) is 35.4 Å². The molecule has 0 spiro atoms. The van der Waals surface area contributed by atoms with Crippen LogP contribution in [-0.2, 0) is 16.6 Å². The summed E-state index contributed by atoms with van der Waals surface area (Å²) in [5.41, 5.74) is 1.06. The summed E-state index contributed by atoms with van der Waals surface area (Å²) >= 11 is 1.38. The normalized spacial score (nSPS) is 14.4. The van der Waals surface area contributed by atoms with Gasteiger partial charge < -0.3 is 9.15 Å². The minimum atomic E-state index is -3.55. The van der Waals surface area contributed by atoms with Gasteiger partial charge in [-0.1, -0.05) is 17.4 Å². The first-order valence-corrected chi connectivity index (χ1v) is 13.7. The van der Waals surface area contributed by atoms with Gasteiger partial charge >= 0.3 is 0 Å². The summed E-state index contributed by atoms with van der Waals surface area (Å²) in [6, 6.07) is 15.4. The maximum Gasteiger partial charge on any atom is 0.260 e. The highest BCUT2D eigenvalue weighted by molar-refractivity contribution is 7.89. The smallest absolute Gasteiger partial charge is 0.260 e. The molecule has 0 unspecified atom stereocenters. The molecule has 2 aromatic heterocycles. The molecular formula is C25H25N3O5S2. The number of rotatable bonds is 8.